The van der Waals surface area contributed by atoms with E-state index in [2.05, 4.69) is 36.8 Å². The highest BCUT2D eigenvalue weighted by atomic mass is 14.7. The van der Waals surface area contributed by atoms with Crippen LogP contribution in [-0.4, -0.2) is 9.97 Å². The summed E-state index contributed by atoms with van der Waals surface area (Å²) in [6.45, 7) is 6.51. The topological polar surface area (TPSA) is 25.8 Å². The van der Waals surface area contributed by atoms with Gasteiger partial charge in [-0.25, -0.2) is 0 Å². The Morgan fingerprint density at radius 3 is 2.50 bits per heavy atom. The van der Waals surface area contributed by atoms with Crippen LogP contribution in [-0.2, 0) is 5.41 Å². The Balaban J connectivity index is 2.78. The van der Waals surface area contributed by atoms with Crippen molar-refractivity contribution < 1.29 is 0 Å². The van der Waals surface area contributed by atoms with Crippen molar-refractivity contribution >= 4 is 10.9 Å². The first-order valence-corrected chi connectivity index (χ1v) is 4.79. The van der Waals surface area contributed by atoms with E-state index in [4.69, 9.17) is 0 Å². The van der Waals surface area contributed by atoms with Crippen molar-refractivity contribution in [3.05, 3.63) is 36.3 Å². The van der Waals surface area contributed by atoms with Gasteiger partial charge in [-0.05, 0) is 18.2 Å². The fourth-order valence-corrected chi connectivity index (χ4v) is 1.60. The summed E-state index contributed by atoms with van der Waals surface area (Å²) in [5.41, 5.74) is 2.21. The third-order valence-corrected chi connectivity index (χ3v) is 2.24. The summed E-state index contributed by atoms with van der Waals surface area (Å²) < 4.78 is 0. The number of hydrogen-bond donors (Lipinski definition) is 0. The molecule has 0 saturated heterocycles. The second-order valence-corrected chi connectivity index (χ2v) is 4.48. The van der Waals surface area contributed by atoms with Gasteiger partial charge in [-0.3, -0.25) is 9.97 Å². The highest BCUT2D eigenvalue weighted by Gasteiger charge is 2.18. The van der Waals surface area contributed by atoms with E-state index in [0.29, 0.717) is 0 Å². The Hall–Kier alpha value is -1.44. The zero-order valence-electron chi connectivity index (χ0n) is 8.78. The van der Waals surface area contributed by atoms with Crippen LogP contribution in [0.4, 0.5) is 0 Å². The van der Waals surface area contributed by atoms with Crippen molar-refractivity contribution in [2.75, 3.05) is 0 Å². The molecule has 0 spiro atoms. The lowest BCUT2D eigenvalue weighted by molar-refractivity contribution is 0.575. The van der Waals surface area contributed by atoms with Crippen LogP contribution in [0.25, 0.3) is 10.9 Å². The molecular formula is C12H14N2. The fourth-order valence-electron chi connectivity index (χ4n) is 1.60. The van der Waals surface area contributed by atoms with Crippen LogP contribution in [0.3, 0.4) is 0 Å². The Labute approximate surface area is 84.0 Å². The highest BCUT2D eigenvalue weighted by molar-refractivity contribution is 5.81. The predicted octanol–water partition coefficient (Wildman–Crippen LogP) is 2.93. The average molecular weight is 186 g/mol. The molecular weight excluding hydrogens is 172 g/mol. The maximum absolute atomic E-state index is 4.44. The lowest BCUT2D eigenvalue weighted by atomic mass is 9.89. The number of pyridine rings is 2. The summed E-state index contributed by atoms with van der Waals surface area (Å²) >= 11 is 0. The normalized spacial score (nSPS) is 11.9. The van der Waals surface area contributed by atoms with Crippen LogP contribution in [0.2, 0.25) is 0 Å². The summed E-state index contributed by atoms with van der Waals surface area (Å²) in [6.07, 6.45) is 3.64. The van der Waals surface area contributed by atoms with Crippen molar-refractivity contribution in [3.63, 3.8) is 0 Å². The van der Waals surface area contributed by atoms with Gasteiger partial charge in [0.15, 0.2) is 0 Å². The van der Waals surface area contributed by atoms with Crippen molar-refractivity contribution in [1.29, 1.82) is 0 Å². The molecule has 2 heterocycles. The quantitative estimate of drug-likeness (QED) is 0.632. The van der Waals surface area contributed by atoms with E-state index in [9.17, 15) is 0 Å². The van der Waals surface area contributed by atoms with Crippen LogP contribution >= 0.6 is 0 Å². The number of nitrogens with zero attached hydrogens (tertiary/aromatic N) is 2. The molecule has 0 unspecified atom stereocenters. The number of hydrogen-bond acceptors (Lipinski definition) is 2. The van der Waals surface area contributed by atoms with Crippen molar-refractivity contribution in [3.8, 4) is 0 Å². The van der Waals surface area contributed by atoms with Gasteiger partial charge in [0.2, 0.25) is 0 Å². The van der Waals surface area contributed by atoms with E-state index in [1.165, 1.54) is 0 Å². The first-order valence-electron chi connectivity index (χ1n) is 4.79. The monoisotopic (exact) mass is 186 g/mol. The summed E-state index contributed by atoms with van der Waals surface area (Å²) in [4.78, 5) is 8.75. The third kappa shape index (κ3) is 1.48. The molecule has 0 fully saturated rings. The summed E-state index contributed by atoms with van der Waals surface area (Å²) in [6, 6.07) is 5.99. The molecule has 0 atom stereocenters. The second-order valence-electron chi connectivity index (χ2n) is 4.48. The van der Waals surface area contributed by atoms with Crippen LogP contribution < -0.4 is 0 Å². The highest BCUT2D eigenvalue weighted by Crippen LogP contribution is 2.26. The summed E-state index contributed by atoms with van der Waals surface area (Å²) in [5, 5.41) is 1.16. The van der Waals surface area contributed by atoms with Gasteiger partial charge >= 0.3 is 0 Å². The lowest BCUT2D eigenvalue weighted by Crippen LogP contribution is -2.13. The molecule has 2 nitrogen and oxygen atoms in total. The Bertz CT molecular complexity index is 450. The van der Waals surface area contributed by atoms with Crippen LogP contribution in [0.5, 0.6) is 0 Å². The van der Waals surface area contributed by atoms with Gasteiger partial charge in [-0.15, -0.1) is 0 Å². The summed E-state index contributed by atoms with van der Waals surface area (Å²) in [5.74, 6) is 0. The minimum absolute atomic E-state index is 0.0720. The minimum atomic E-state index is 0.0720. The standard InChI is InChI=1S/C12H14N2/c1-12(2,3)11-9-5-4-7-13-10(9)6-8-14-11/h4-8H,1-3H3. The SMILES string of the molecule is CC(C)(C)c1nccc2ncccc12. The maximum Gasteiger partial charge on any atom is 0.0735 e. The molecule has 0 amide bonds. The van der Waals surface area contributed by atoms with Crippen LogP contribution in [0, 0.1) is 0 Å². The average Bonchev–Trinajstić information content (AvgIpc) is 2.15. The molecule has 2 aromatic rings. The van der Waals surface area contributed by atoms with E-state index in [-0.39, 0.29) is 5.41 Å². The molecule has 2 heteroatoms. The molecule has 0 aliphatic heterocycles. The molecule has 2 rings (SSSR count). The molecule has 0 bridgehead atoms. The largest absolute Gasteiger partial charge is 0.260 e. The zero-order chi connectivity index (χ0) is 10.2. The third-order valence-electron chi connectivity index (χ3n) is 2.24. The van der Waals surface area contributed by atoms with E-state index in [1.807, 2.05) is 24.5 Å². The van der Waals surface area contributed by atoms with Gasteiger partial charge in [-0.1, -0.05) is 20.8 Å². The van der Waals surface area contributed by atoms with Crippen molar-refractivity contribution in [2.45, 2.75) is 26.2 Å². The van der Waals surface area contributed by atoms with Gasteiger partial charge in [0.1, 0.15) is 0 Å². The van der Waals surface area contributed by atoms with E-state index < -0.39 is 0 Å². The van der Waals surface area contributed by atoms with Gasteiger partial charge in [0.25, 0.3) is 0 Å². The second kappa shape index (κ2) is 3.05. The van der Waals surface area contributed by atoms with Gasteiger partial charge in [-0.2, -0.15) is 0 Å². The van der Waals surface area contributed by atoms with Gasteiger partial charge in [0.05, 0.1) is 11.2 Å². The molecule has 0 saturated carbocycles. The minimum Gasteiger partial charge on any atom is -0.260 e. The Kier molecular flexibility index (Phi) is 1.99. The summed E-state index contributed by atoms with van der Waals surface area (Å²) in [7, 11) is 0. The molecule has 14 heavy (non-hydrogen) atoms. The Morgan fingerprint density at radius 1 is 1.00 bits per heavy atom. The molecule has 0 aliphatic rings. The van der Waals surface area contributed by atoms with Gasteiger partial charge in [0, 0.05) is 23.2 Å². The molecule has 0 aliphatic carbocycles. The number of rotatable bonds is 0. The molecule has 0 radical (unpaired) electrons. The smallest absolute Gasteiger partial charge is 0.0735 e. The number of aromatic nitrogens is 2. The van der Waals surface area contributed by atoms with Crippen LogP contribution in [0.15, 0.2) is 30.6 Å². The first kappa shape index (κ1) is 9.13. The maximum atomic E-state index is 4.44. The van der Waals surface area contributed by atoms with E-state index >= 15 is 0 Å². The molecule has 0 aromatic carbocycles. The first-order chi connectivity index (χ1) is 6.59. The van der Waals surface area contributed by atoms with Crippen molar-refractivity contribution in [2.24, 2.45) is 0 Å². The van der Waals surface area contributed by atoms with Crippen LogP contribution in [0.1, 0.15) is 26.5 Å². The van der Waals surface area contributed by atoms with E-state index in [1.54, 1.807) is 0 Å². The van der Waals surface area contributed by atoms with E-state index in [0.717, 1.165) is 16.6 Å². The zero-order valence-corrected chi connectivity index (χ0v) is 8.78. The van der Waals surface area contributed by atoms with Crippen molar-refractivity contribution in [1.82, 2.24) is 9.97 Å². The fraction of sp³-hybridized carbons (Fsp3) is 0.333. The molecule has 0 N–H and O–H groups in total. The number of fused-ring (bicyclic) bond motifs is 1. The molecule has 2 aromatic heterocycles. The van der Waals surface area contributed by atoms with Gasteiger partial charge < -0.3 is 0 Å². The predicted molar refractivity (Wildman–Crippen MR) is 58.2 cm³/mol. The lowest BCUT2D eigenvalue weighted by Gasteiger charge is -2.19. The Morgan fingerprint density at radius 2 is 1.79 bits per heavy atom. The molecule has 72 valence electrons.